The topological polar surface area (TPSA) is 85.2 Å². The van der Waals surface area contributed by atoms with Crippen LogP contribution in [-0.4, -0.2) is 45.4 Å². The van der Waals surface area contributed by atoms with Crippen LogP contribution in [0.5, 0.6) is 0 Å². The largest absolute Gasteiger partial charge is 0.378 e. The van der Waals surface area contributed by atoms with Crippen molar-refractivity contribution in [2.45, 2.75) is 13.5 Å². The summed E-state index contributed by atoms with van der Waals surface area (Å²) < 4.78 is 8.55. The Morgan fingerprint density at radius 2 is 2.00 bits per heavy atom. The van der Waals surface area contributed by atoms with Gasteiger partial charge in [0, 0.05) is 26.7 Å². The zero-order valence-corrected chi connectivity index (χ0v) is 11.5. The summed E-state index contributed by atoms with van der Waals surface area (Å²) in [5, 5.41) is 0. The summed E-state index contributed by atoms with van der Waals surface area (Å²) in [5.74, 6) is 0.720. The Kier molecular flexibility index (Phi) is 3.09. The highest BCUT2D eigenvalue weighted by atomic mass is 16.5. The molecule has 1 saturated heterocycles. The van der Waals surface area contributed by atoms with Crippen molar-refractivity contribution in [1.29, 1.82) is 0 Å². The van der Waals surface area contributed by atoms with Crippen LogP contribution in [0.2, 0.25) is 0 Å². The quantitative estimate of drug-likeness (QED) is 0.784. The molecule has 0 radical (unpaired) electrons. The molecule has 0 atom stereocenters. The molecule has 0 unspecified atom stereocenters. The first-order valence-electron chi connectivity index (χ1n) is 6.65. The van der Waals surface area contributed by atoms with E-state index in [4.69, 9.17) is 4.74 Å². The molecule has 2 aromatic heterocycles. The molecule has 3 heterocycles. The van der Waals surface area contributed by atoms with Gasteiger partial charge in [-0.25, -0.2) is 4.79 Å². The van der Waals surface area contributed by atoms with E-state index in [1.807, 2.05) is 11.5 Å². The molecule has 8 nitrogen and oxygen atoms in total. The Morgan fingerprint density at radius 3 is 2.65 bits per heavy atom. The zero-order chi connectivity index (χ0) is 14.3. The van der Waals surface area contributed by atoms with Gasteiger partial charge in [-0.15, -0.1) is 0 Å². The van der Waals surface area contributed by atoms with Crippen molar-refractivity contribution >= 4 is 17.1 Å². The van der Waals surface area contributed by atoms with Crippen LogP contribution >= 0.6 is 0 Å². The number of anilines is 1. The van der Waals surface area contributed by atoms with E-state index in [9.17, 15) is 9.59 Å². The van der Waals surface area contributed by atoms with E-state index in [1.54, 1.807) is 7.05 Å². The number of imidazole rings is 1. The molecule has 0 saturated carbocycles. The van der Waals surface area contributed by atoms with Crippen molar-refractivity contribution in [3.8, 4) is 0 Å². The fourth-order valence-corrected chi connectivity index (χ4v) is 2.53. The predicted octanol–water partition coefficient (Wildman–Crippen LogP) is -0.720. The van der Waals surface area contributed by atoms with Gasteiger partial charge in [-0.3, -0.25) is 14.3 Å². The highest BCUT2D eigenvalue weighted by Gasteiger charge is 2.21. The maximum absolute atomic E-state index is 12.1. The van der Waals surface area contributed by atoms with Crippen LogP contribution in [0, 0.1) is 0 Å². The summed E-state index contributed by atoms with van der Waals surface area (Å²) in [6, 6.07) is 0. The lowest BCUT2D eigenvalue weighted by Gasteiger charge is -2.27. The van der Waals surface area contributed by atoms with Crippen LogP contribution in [-0.2, 0) is 18.3 Å². The minimum atomic E-state index is -0.447. The minimum Gasteiger partial charge on any atom is -0.378 e. The van der Waals surface area contributed by atoms with Crippen molar-refractivity contribution in [3.05, 3.63) is 20.8 Å². The zero-order valence-electron chi connectivity index (χ0n) is 11.5. The van der Waals surface area contributed by atoms with Gasteiger partial charge in [0.15, 0.2) is 11.2 Å². The molecule has 20 heavy (non-hydrogen) atoms. The third-order valence-electron chi connectivity index (χ3n) is 3.60. The molecule has 2 aromatic rings. The van der Waals surface area contributed by atoms with Crippen molar-refractivity contribution in [2.24, 2.45) is 7.05 Å². The first-order chi connectivity index (χ1) is 9.63. The molecule has 1 fully saturated rings. The van der Waals surface area contributed by atoms with Crippen molar-refractivity contribution in [2.75, 3.05) is 31.2 Å². The molecule has 0 aromatic carbocycles. The number of fused-ring (bicyclic) bond motifs is 1. The van der Waals surface area contributed by atoms with Crippen LogP contribution < -0.4 is 16.1 Å². The number of nitrogens with zero attached hydrogens (tertiary/aromatic N) is 4. The fraction of sp³-hybridized carbons (Fsp3) is 0.583. The Labute approximate surface area is 114 Å². The van der Waals surface area contributed by atoms with E-state index in [0.29, 0.717) is 30.9 Å². The standard InChI is InChI=1S/C12H17N5O3/c1-3-17-8-9(15(2)12(19)14-10(8)18)13-11(17)16-4-6-20-7-5-16/h3-7H2,1-2H3,(H,14,18,19). The van der Waals surface area contributed by atoms with Gasteiger partial charge < -0.3 is 14.2 Å². The maximum Gasteiger partial charge on any atom is 0.329 e. The molecular weight excluding hydrogens is 262 g/mol. The summed E-state index contributed by atoms with van der Waals surface area (Å²) in [4.78, 5) is 32.6. The number of ether oxygens (including phenoxy) is 1. The van der Waals surface area contributed by atoms with Crippen LogP contribution in [0.1, 0.15) is 6.92 Å². The SMILES string of the molecule is CCn1c(N2CCOCC2)nc2c1c(=O)[nH]c(=O)n2C. The molecule has 1 aliphatic rings. The highest BCUT2D eigenvalue weighted by molar-refractivity contribution is 5.74. The number of rotatable bonds is 2. The van der Waals surface area contributed by atoms with Crippen LogP contribution in [0.4, 0.5) is 5.95 Å². The molecule has 3 rings (SSSR count). The fourth-order valence-electron chi connectivity index (χ4n) is 2.53. The molecular formula is C12H17N5O3. The number of H-pyrrole nitrogens is 1. The van der Waals surface area contributed by atoms with Gasteiger partial charge in [0.2, 0.25) is 5.95 Å². The predicted molar refractivity (Wildman–Crippen MR) is 74.3 cm³/mol. The molecule has 0 bridgehead atoms. The van der Waals surface area contributed by atoms with Crippen molar-refractivity contribution < 1.29 is 4.74 Å². The lowest BCUT2D eigenvalue weighted by atomic mass is 10.4. The summed E-state index contributed by atoms with van der Waals surface area (Å²) in [6.45, 7) is 5.31. The molecule has 1 aliphatic heterocycles. The molecule has 1 N–H and O–H groups in total. The number of aromatic amines is 1. The molecule has 108 valence electrons. The van der Waals surface area contributed by atoms with Gasteiger partial charge in [0.05, 0.1) is 13.2 Å². The molecule has 0 amide bonds. The third kappa shape index (κ3) is 1.83. The highest BCUT2D eigenvalue weighted by Crippen LogP contribution is 2.19. The third-order valence-corrected chi connectivity index (χ3v) is 3.60. The first-order valence-corrected chi connectivity index (χ1v) is 6.65. The Bertz CT molecular complexity index is 751. The van der Waals surface area contributed by atoms with Crippen LogP contribution in [0.3, 0.4) is 0 Å². The number of aromatic nitrogens is 4. The number of hydrogen-bond donors (Lipinski definition) is 1. The minimum absolute atomic E-state index is 0.392. The Hall–Kier alpha value is -2.09. The second-order valence-corrected chi connectivity index (χ2v) is 4.75. The summed E-state index contributed by atoms with van der Waals surface area (Å²) >= 11 is 0. The average Bonchev–Trinajstić information content (AvgIpc) is 2.86. The van der Waals surface area contributed by atoms with E-state index >= 15 is 0 Å². The first kappa shape index (κ1) is 12.9. The maximum atomic E-state index is 12.1. The summed E-state index contributed by atoms with van der Waals surface area (Å²) in [5.41, 5.74) is 0.0203. The second-order valence-electron chi connectivity index (χ2n) is 4.75. The molecule has 0 spiro atoms. The van der Waals surface area contributed by atoms with Crippen LogP contribution in [0.15, 0.2) is 9.59 Å². The van der Waals surface area contributed by atoms with Gasteiger partial charge in [-0.1, -0.05) is 0 Å². The Balaban J connectivity index is 2.28. The Morgan fingerprint density at radius 1 is 1.30 bits per heavy atom. The van der Waals surface area contributed by atoms with E-state index < -0.39 is 11.2 Å². The monoisotopic (exact) mass is 279 g/mol. The van der Waals surface area contributed by atoms with Gasteiger partial charge >= 0.3 is 5.69 Å². The van der Waals surface area contributed by atoms with Gasteiger partial charge in [-0.05, 0) is 6.92 Å². The van der Waals surface area contributed by atoms with Crippen LogP contribution in [0.25, 0.3) is 11.2 Å². The molecule has 8 heteroatoms. The average molecular weight is 279 g/mol. The number of aryl methyl sites for hydroxylation is 2. The molecule has 0 aliphatic carbocycles. The van der Waals surface area contributed by atoms with Crippen molar-refractivity contribution in [1.82, 2.24) is 19.1 Å². The van der Waals surface area contributed by atoms with E-state index in [2.05, 4.69) is 14.9 Å². The normalized spacial score (nSPS) is 16.0. The van der Waals surface area contributed by atoms with E-state index in [1.165, 1.54) is 4.57 Å². The number of hydrogen-bond acceptors (Lipinski definition) is 5. The van der Waals surface area contributed by atoms with Gasteiger partial charge in [-0.2, -0.15) is 4.98 Å². The lowest BCUT2D eigenvalue weighted by Crippen LogP contribution is -2.38. The summed E-state index contributed by atoms with van der Waals surface area (Å²) in [6.07, 6.45) is 0. The van der Waals surface area contributed by atoms with E-state index in [-0.39, 0.29) is 0 Å². The number of morpholine rings is 1. The summed E-state index contributed by atoms with van der Waals surface area (Å²) in [7, 11) is 1.61. The van der Waals surface area contributed by atoms with Crippen molar-refractivity contribution in [3.63, 3.8) is 0 Å². The lowest BCUT2D eigenvalue weighted by molar-refractivity contribution is 0.121. The van der Waals surface area contributed by atoms with Gasteiger partial charge in [0.1, 0.15) is 0 Å². The van der Waals surface area contributed by atoms with Gasteiger partial charge in [0.25, 0.3) is 5.56 Å². The van der Waals surface area contributed by atoms with E-state index in [0.717, 1.165) is 19.0 Å². The second kappa shape index (κ2) is 4.78. The smallest absolute Gasteiger partial charge is 0.329 e. The number of nitrogens with one attached hydrogen (secondary N) is 1.